The van der Waals surface area contributed by atoms with E-state index in [1.165, 1.54) is 11.8 Å². The minimum atomic E-state index is -0.149. The molecule has 1 N–H and O–H groups in total. The number of nitrogens with one attached hydrogen (secondary N) is 1. The number of ether oxygens (including phenoxy) is 1. The fraction of sp³-hybridized carbons (Fsp3) is 0.0833. The summed E-state index contributed by atoms with van der Waals surface area (Å²) in [4.78, 5) is 17.6. The van der Waals surface area contributed by atoms with Crippen LogP contribution < -0.4 is 10.1 Å². The van der Waals surface area contributed by atoms with Crippen LogP contribution in [0.15, 0.2) is 84.0 Å². The highest BCUT2D eigenvalue weighted by Gasteiger charge is 2.24. The van der Waals surface area contributed by atoms with Crippen molar-refractivity contribution in [1.29, 1.82) is 0 Å². The Hall–Kier alpha value is -1.87. The van der Waals surface area contributed by atoms with E-state index in [-0.39, 0.29) is 5.91 Å². The van der Waals surface area contributed by atoms with Crippen LogP contribution in [0.3, 0.4) is 0 Å². The SMILES string of the molecule is Cc1cc(Br)ccc1N=C1NC(=O)/C(=C/c2ccc(OCc3ccc(Br)cc3Br)cc2)S1. The molecule has 4 rings (SSSR count). The molecule has 0 unspecified atom stereocenters. The van der Waals surface area contributed by atoms with Crippen LogP contribution in [-0.2, 0) is 11.4 Å². The number of thioether (sulfide) groups is 1. The molecule has 1 saturated heterocycles. The Balaban J connectivity index is 1.42. The summed E-state index contributed by atoms with van der Waals surface area (Å²) in [5.74, 6) is 0.613. The van der Waals surface area contributed by atoms with Gasteiger partial charge in [0.1, 0.15) is 12.4 Å². The lowest BCUT2D eigenvalue weighted by Gasteiger charge is -2.08. The third kappa shape index (κ3) is 5.92. The van der Waals surface area contributed by atoms with Crippen molar-refractivity contribution in [3.05, 3.63) is 95.7 Å². The van der Waals surface area contributed by atoms with Gasteiger partial charge in [-0.3, -0.25) is 4.79 Å². The predicted molar refractivity (Wildman–Crippen MR) is 142 cm³/mol. The number of rotatable bonds is 5. The number of aliphatic imine (C=N–C) groups is 1. The molecule has 0 atom stereocenters. The van der Waals surface area contributed by atoms with Crippen LogP contribution in [0.25, 0.3) is 6.08 Å². The number of hydrogen-bond donors (Lipinski definition) is 1. The molecule has 0 aliphatic carbocycles. The van der Waals surface area contributed by atoms with Gasteiger partial charge >= 0.3 is 0 Å². The average molecular weight is 637 g/mol. The molecule has 3 aromatic rings. The molecule has 0 spiro atoms. The van der Waals surface area contributed by atoms with Crippen molar-refractivity contribution in [1.82, 2.24) is 5.32 Å². The first-order chi connectivity index (χ1) is 15.4. The van der Waals surface area contributed by atoms with E-state index in [9.17, 15) is 4.79 Å². The summed E-state index contributed by atoms with van der Waals surface area (Å²) in [7, 11) is 0. The number of amidine groups is 1. The molecule has 4 nitrogen and oxygen atoms in total. The number of aryl methyl sites for hydroxylation is 1. The van der Waals surface area contributed by atoms with Gasteiger partial charge in [-0.15, -0.1) is 0 Å². The Morgan fingerprint density at radius 3 is 2.44 bits per heavy atom. The van der Waals surface area contributed by atoms with E-state index in [1.54, 1.807) is 0 Å². The van der Waals surface area contributed by atoms with Crippen molar-refractivity contribution in [2.75, 3.05) is 0 Å². The molecule has 1 amide bonds. The number of amides is 1. The van der Waals surface area contributed by atoms with Gasteiger partial charge in [0.25, 0.3) is 5.91 Å². The molecule has 0 aromatic heterocycles. The van der Waals surface area contributed by atoms with Crippen molar-refractivity contribution in [3.8, 4) is 5.75 Å². The summed E-state index contributed by atoms with van der Waals surface area (Å²) in [6.45, 7) is 2.45. The summed E-state index contributed by atoms with van der Waals surface area (Å²) in [5.41, 5.74) is 3.84. The first-order valence-corrected chi connectivity index (χ1v) is 12.8. The van der Waals surface area contributed by atoms with Gasteiger partial charge in [-0.05, 0) is 78.4 Å². The van der Waals surface area contributed by atoms with Crippen LogP contribution in [-0.4, -0.2) is 11.1 Å². The molecule has 0 saturated carbocycles. The van der Waals surface area contributed by atoms with Crippen LogP contribution in [0, 0.1) is 6.92 Å². The van der Waals surface area contributed by atoms with Crippen molar-refractivity contribution in [2.24, 2.45) is 4.99 Å². The van der Waals surface area contributed by atoms with Crippen LogP contribution >= 0.6 is 59.6 Å². The maximum absolute atomic E-state index is 12.4. The molecule has 162 valence electrons. The molecule has 1 fully saturated rings. The van der Waals surface area contributed by atoms with Crippen LogP contribution in [0.1, 0.15) is 16.7 Å². The largest absolute Gasteiger partial charge is 0.489 e. The van der Waals surface area contributed by atoms with Crippen LogP contribution in [0.2, 0.25) is 0 Å². The number of carbonyl (C=O) groups excluding carboxylic acids is 1. The number of benzene rings is 3. The summed E-state index contributed by atoms with van der Waals surface area (Å²) >= 11 is 11.8. The maximum Gasteiger partial charge on any atom is 0.264 e. The van der Waals surface area contributed by atoms with E-state index in [2.05, 4.69) is 58.1 Å². The van der Waals surface area contributed by atoms with Gasteiger partial charge in [0.15, 0.2) is 5.17 Å². The molecule has 0 radical (unpaired) electrons. The van der Waals surface area contributed by atoms with Gasteiger partial charge in [-0.1, -0.05) is 66.0 Å². The normalized spacial score (nSPS) is 15.9. The van der Waals surface area contributed by atoms with E-state index in [4.69, 9.17) is 4.74 Å². The molecular formula is C24H17Br3N2O2S. The van der Waals surface area contributed by atoms with Crippen molar-refractivity contribution in [3.63, 3.8) is 0 Å². The number of nitrogens with zero attached hydrogens (tertiary/aromatic N) is 1. The molecule has 3 aromatic carbocycles. The summed E-state index contributed by atoms with van der Waals surface area (Å²) in [6.07, 6.45) is 1.85. The molecule has 1 aliphatic heterocycles. The zero-order chi connectivity index (χ0) is 22.7. The fourth-order valence-corrected chi connectivity index (χ4v) is 5.42. The fourth-order valence-electron chi connectivity index (χ4n) is 2.95. The topological polar surface area (TPSA) is 50.7 Å². The maximum atomic E-state index is 12.4. The van der Waals surface area contributed by atoms with Gasteiger partial charge in [-0.25, -0.2) is 4.99 Å². The zero-order valence-corrected chi connectivity index (χ0v) is 22.4. The lowest BCUT2D eigenvalue weighted by molar-refractivity contribution is -0.115. The molecule has 1 aliphatic rings. The van der Waals surface area contributed by atoms with Gasteiger partial charge < -0.3 is 10.1 Å². The second-order valence-electron chi connectivity index (χ2n) is 7.01. The first-order valence-electron chi connectivity index (χ1n) is 9.60. The van der Waals surface area contributed by atoms with E-state index < -0.39 is 0 Å². The van der Waals surface area contributed by atoms with Crippen LogP contribution in [0.4, 0.5) is 5.69 Å². The van der Waals surface area contributed by atoms with Crippen molar-refractivity contribution in [2.45, 2.75) is 13.5 Å². The van der Waals surface area contributed by atoms with Crippen molar-refractivity contribution >= 4 is 82.4 Å². The van der Waals surface area contributed by atoms with E-state index in [0.717, 1.165) is 41.5 Å². The van der Waals surface area contributed by atoms with Gasteiger partial charge in [0.2, 0.25) is 0 Å². The second-order valence-corrected chi connectivity index (χ2v) is 10.7. The Kier molecular flexibility index (Phi) is 7.55. The predicted octanol–water partition coefficient (Wildman–Crippen LogP) is 7.75. The Morgan fingerprint density at radius 1 is 1.00 bits per heavy atom. The monoisotopic (exact) mass is 634 g/mol. The summed E-state index contributed by atoms with van der Waals surface area (Å²) < 4.78 is 8.90. The summed E-state index contributed by atoms with van der Waals surface area (Å²) in [5, 5.41) is 3.41. The Bertz CT molecular complexity index is 1240. The van der Waals surface area contributed by atoms with Crippen molar-refractivity contribution < 1.29 is 9.53 Å². The molecule has 32 heavy (non-hydrogen) atoms. The lowest BCUT2D eigenvalue weighted by Crippen LogP contribution is -2.19. The first kappa shape index (κ1) is 23.3. The highest BCUT2D eigenvalue weighted by atomic mass is 79.9. The Labute approximate surface area is 215 Å². The molecule has 0 bridgehead atoms. The number of halogens is 3. The summed E-state index contributed by atoms with van der Waals surface area (Å²) in [6, 6.07) is 19.5. The van der Waals surface area contributed by atoms with Gasteiger partial charge in [-0.2, -0.15) is 0 Å². The van der Waals surface area contributed by atoms with E-state index in [1.807, 2.05) is 73.7 Å². The molecular weight excluding hydrogens is 620 g/mol. The van der Waals surface area contributed by atoms with Gasteiger partial charge in [0.05, 0.1) is 10.6 Å². The Morgan fingerprint density at radius 2 is 1.72 bits per heavy atom. The average Bonchev–Trinajstić information content (AvgIpc) is 3.09. The minimum absolute atomic E-state index is 0.149. The second kappa shape index (κ2) is 10.4. The number of hydrogen-bond acceptors (Lipinski definition) is 4. The van der Waals surface area contributed by atoms with Gasteiger partial charge in [0, 0.05) is 19.0 Å². The smallest absolute Gasteiger partial charge is 0.264 e. The standard InChI is InChI=1S/C24H17Br3N2O2S/c1-14-10-17(25)6-9-21(14)28-24-29-23(30)22(32-24)11-15-2-7-19(8-3-15)31-13-16-4-5-18(26)12-20(16)27/h2-12H,13H2,1H3,(H,28,29,30)/b22-11-. The lowest BCUT2D eigenvalue weighted by atomic mass is 10.2. The van der Waals surface area contributed by atoms with E-state index in [0.29, 0.717) is 16.7 Å². The third-order valence-electron chi connectivity index (χ3n) is 4.62. The molecule has 8 heteroatoms. The van der Waals surface area contributed by atoms with Crippen LogP contribution in [0.5, 0.6) is 5.75 Å². The molecule has 1 heterocycles. The third-order valence-corrected chi connectivity index (χ3v) is 7.25. The zero-order valence-electron chi connectivity index (χ0n) is 16.9. The van der Waals surface area contributed by atoms with E-state index >= 15 is 0 Å². The highest BCUT2D eigenvalue weighted by molar-refractivity contribution is 9.11. The number of carbonyl (C=O) groups is 1. The highest BCUT2D eigenvalue weighted by Crippen LogP contribution is 2.30. The minimum Gasteiger partial charge on any atom is -0.489 e. The quantitative estimate of drug-likeness (QED) is 0.291.